The Kier molecular flexibility index (Phi) is 8.65. The van der Waals surface area contributed by atoms with E-state index in [9.17, 15) is 14.4 Å². The molecule has 0 aliphatic heterocycles. The van der Waals surface area contributed by atoms with E-state index in [0.717, 1.165) is 25.7 Å². The molecular formula is C24H29ClN4O4. The van der Waals surface area contributed by atoms with E-state index >= 15 is 0 Å². The predicted octanol–water partition coefficient (Wildman–Crippen LogP) is 4.17. The van der Waals surface area contributed by atoms with Crippen LogP contribution in [0, 0.1) is 6.92 Å². The van der Waals surface area contributed by atoms with Crippen molar-refractivity contribution in [3.63, 3.8) is 0 Å². The van der Waals surface area contributed by atoms with Gasteiger partial charge in [0, 0.05) is 36.5 Å². The zero-order valence-electron chi connectivity index (χ0n) is 18.7. The molecule has 8 nitrogen and oxygen atoms in total. The molecule has 9 heteroatoms. The molecule has 0 saturated heterocycles. The van der Waals surface area contributed by atoms with Crippen LogP contribution in [0.1, 0.15) is 55.9 Å². The number of benzene rings is 1. The van der Waals surface area contributed by atoms with Gasteiger partial charge in [-0.05, 0) is 37.5 Å². The van der Waals surface area contributed by atoms with Gasteiger partial charge in [-0.25, -0.2) is 0 Å². The smallest absolute Gasteiger partial charge is 0.247 e. The molecule has 1 heterocycles. The second kappa shape index (κ2) is 11.7. The van der Waals surface area contributed by atoms with E-state index in [2.05, 4.69) is 22.4 Å². The first-order valence-corrected chi connectivity index (χ1v) is 11.4. The lowest BCUT2D eigenvalue weighted by Crippen LogP contribution is -2.46. The summed E-state index contributed by atoms with van der Waals surface area (Å²) < 4.78 is 4.93. The van der Waals surface area contributed by atoms with Crippen LogP contribution in [-0.2, 0) is 14.4 Å². The Morgan fingerprint density at radius 2 is 1.94 bits per heavy atom. The van der Waals surface area contributed by atoms with Gasteiger partial charge in [-0.2, -0.15) is 0 Å². The van der Waals surface area contributed by atoms with Crippen LogP contribution in [0.2, 0.25) is 5.02 Å². The number of amides is 3. The number of carbonyl (C=O) groups is 3. The Morgan fingerprint density at radius 1 is 1.24 bits per heavy atom. The molecule has 3 amide bonds. The third kappa shape index (κ3) is 6.92. The number of nitrogens with zero attached hydrogens (tertiary/aromatic N) is 2. The van der Waals surface area contributed by atoms with Crippen molar-refractivity contribution in [2.75, 3.05) is 11.9 Å². The van der Waals surface area contributed by atoms with Crippen LogP contribution in [0.4, 0.5) is 5.82 Å². The molecule has 1 aromatic carbocycles. The SMILES string of the molecule is C=CCN(C(=O)CCC(=O)Nc1cc(C)on1)[C@@H](C(=O)NC1CCCC1)c1ccc(Cl)cc1. The van der Waals surface area contributed by atoms with Crippen LogP contribution >= 0.6 is 11.6 Å². The van der Waals surface area contributed by atoms with Crippen molar-refractivity contribution in [1.82, 2.24) is 15.4 Å². The maximum atomic E-state index is 13.3. The Bertz CT molecular complexity index is 983. The summed E-state index contributed by atoms with van der Waals surface area (Å²) in [5, 5.41) is 9.94. The van der Waals surface area contributed by atoms with E-state index in [-0.39, 0.29) is 43.1 Å². The number of nitrogens with one attached hydrogen (secondary N) is 2. The number of halogens is 1. The van der Waals surface area contributed by atoms with Crippen LogP contribution in [0.25, 0.3) is 0 Å². The van der Waals surface area contributed by atoms with Gasteiger partial charge >= 0.3 is 0 Å². The normalized spacial score (nSPS) is 14.5. The third-order valence-electron chi connectivity index (χ3n) is 5.55. The van der Waals surface area contributed by atoms with Gasteiger partial charge in [0.1, 0.15) is 11.8 Å². The Labute approximate surface area is 198 Å². The van der Waals surface area contributed by atoms with E-state index in [0.29, 0.717) is 22.2 Å². The lowest BCUT2D eigenvalue weighted by Gasteiger charge is -2.31. The number of aryl methyl sites for hydroxylation is 1. The van der Waals surface area contributed by atoms with Gasteiger partial charge in [-0.1, -0.05) is 47.8 Å². The van der Waals surface area contributed by atoms with E-state index < -0.39 is 6.04 Å². The molecule has 33 heavy (non-hydrogen) atoms. The zero-order chi connectivity index (χ0) is 23.8. The van der Waals surface area contributed by atoms with Crippen molar-refractivity contribution in [3.8, 4) is 0 Å². The van der Waals surface area contributed by atoms with Gasteiger partial charge in [-0.3, -0.25) is 14.4 Å². The quantitative estimate of drug-likeness (QED) is 0.505. The molecule has 1 fully saturated rings. The van der Waals surface area contributed by atoms with Gasteiger partial charge in [-0.15, -0.1) is 6.58 Å². The van der Waals surface area contributed by atoms with E-state index in [1.54, 1.807) is 43.3 Å². The average Bonchev–Trinajstić information content (AvgIpc) is 3.44. The highest BCUT2D eigenvalue weighted by molar-refractivity contribution is 6.30. The highest BCUT2D eigenvalue weighted by atomic mass is 35.5. The number of anilines is 1. The van der Waals surface area contributed by atoms with Gasteiger partial charge in [0.25, 0.3) is 0 Å². The summed E-state index contributed by atoms with van der Waals surface area (Å²) in [4.78, 5) is 40.2. The summed E-state index contributed by atoms with van der Waals surface area (Å²) in [6.07, 6.45) is 5.44. The maximum absolute atomic E-state index is 13.3. The minimum Gasteiger partial charge on any atom is -0.360 e. The predicted molar refractivity (Wildman–Crippen MR) is 126 cm³/mol. The molecule has 0 unspecified atom stereocenters. The summed E-state index contributed by atoms with van der Waals surface area (Å²) >= 11 is 6.04. The molecule has 1 aliphatic rings. The first-order valence-electron chi connectivity index (χ1n) is 11.1. The topological polar surface area (TPSA) is 105 Å². The molecule has 0 bridgehead atoms. The van der Waals surface area contributed by atoms with E-state index in [1.165, 1.54) is 4.90 Å². The third-order valence-corrected chi connectivity index (χ3v) is 5.81. The maximum Gasteiger partial charge on any atom is 0.247 e. The van der Waals surface area contributed by atoms with Crippen LogP contribution in [0.5, 0.6) is 0 Å². The lowest BCUT2D eigenvalue weighted by molar-refractivity contribution is -0.141. The number of hydrogen-bond donors (Lipinski definition) is 2. The van der Waals surface area contributed by atoms with Crippen molar-refractivity contribution in [3.05, 3.63) is 59.3 Å². The van der Waals surface area contributed by atoms with Gasteiger partial charge in [0.2, 0.25) is 17.7 Å². The second-order valence-corrected chi connectivity index (χ2v) is 8.59. The summed E-state index contributed by atoms with van der Waals surface area (Å²) in [6.45, 7) is 5.62. The number of hydrogen-bond acceptors (Lipinski definition) is 5. The van der Waals surface area contributed by atoms with Crippen LogP contribution in [0.15, 0.2) is 47.5 Å². The molecule has 2 N–H and O–H groups in total. The standard InChI is InChI=1S/C24H29ClN4O4/c1-3-14-29(22(31)13-12-21(30)27-20-15-16(2)33-28-20)23(17-8-10-18(25)11-9-17)24(32)26-19-6-4-5-7-19/h3,8-11,15,19,23H,1,4-7,12-14H2,2H3,(H,26,32)(H,27,28,30)/t23-/m1/s1. The van der Waals surface area contributed by atoms with Crippen LogP contribution in [-0.4, -0.2) is 40.4 Å². The monoisotopic (exact) mass is 472 g/mol. The fraction of sp³-hybridized carbons (Fsp3) is 0.417. The van der Waals surface area contributed by atoms with Gasteiger partial charge in [0.15, 0.2) is 5.82 Å². The molecule has 1 saturated carbocycles. The first-order chi connectivity index (χ1) is 15.9. The number of carbonyl (C=O) groups excluding carboxylic acids is 3. The van der Waals surface area contributed by atoms with Crippen molar-refractivity contribution < 1.29 is 18.9 Å². The second-order valence-electron chi connectivity index (χ2n) is 8.15. The minimum atomic E-state index is -0.852. The molecule has 0 radical (unpaired) electrons. The van der Waals surface area contributed by atoms with Crippen molar-refractivity contribution in [2.24, 2.45) is 0 Å². The van der Waals surface area contributed by atoms with Crippen molar-refractivity contribution in [2.45, 2.75) is 57.5 Å². The number of aromatic nitrogens is 1. The first kappa shape index (κ1) is 24.5. The van der Waals surface area contributed by atoms with Gasteiger partial charge < -0.3 is 20.1 Å². The van der Waals surface area contributed by atoms with Crippen LogP contribution in [0.3, 0.4) is 0 Å². The Balaban J connectivity index is 1.74. The lowest BCUT2D eigenvalue weighted by atomic mass is 10.0. The zero-order valence-corrected chi connectivity index (χ0v) is 19.4. The molecule has 0 spiro atoms. The average molecular weight is 473 g/mol. The molecule has 3 rings (SSSR count). The van der Waals surface area contributed by atoms with E-state index in [4.69, 9.17) is 16.1 Å². The van der Waals surface area contributed by atoms with Crippen LogP contribution < -0.4 is 10.6 Å². The molecule has 1 atom stereocenters. The summed E-state index contributed by atoms with van der Waals surface area (Å²) in [6, 6.07) is 7.70. The Morgan fingerprint density at radius 3 is 2.55 bits per heavy atom. The molecule has 1 aromatic heterocycles. The fourth-order valence-corrected chi connectivity index (χ4v) is 4.08. The highest BCUT2D eigenvalue weighted by Crippen LogP contribution is 2.26. The summed E-state index contributed by atoms with van der Waals surface area (Å²) in [5.74, 6) is -0.0843. The van der Waals surface area contributed by atoms with Gasteiger partial charge in [0.05, 0.1) is 0 Å². The Hall–Kier alpha value is -3.13. The minimum absolute atomic E-state index is 0.0596. The largest absolute Gasteiger partial charge is 0.360 e. The molecule has 2 aromatic rings. The van der Waals surface area contributed by atoms with Crippen molar-refractivity contribution in [1.29, 1.82) is 0 Å². The van der Waals surface area contributed by atoms with E-state index in [1.807, 2.05) is 0 Å². The highest BCUT2D eigenvalue weighted by Gasteiger charge is 2.32. The summed E-state index contributed by atoms with van der Waals surface area (Å²) in [5.41, 5.74) is 0.646. The van der Waals surface area contributed by atoms with Crippen molar-refractivity contribution >= 4 is 35.1 Å². The summed E-state index contributed by atoms with van der Waals surface area (Å²) in [7, 11) is 0. The fourth-order valence-electron chi connectivity index (χ4n) is 3.95. The molecular weight excluding hydrogens is 444 g/mol. The molecule has 1 aliphatic carbocycles. The molecule has 176 valence electrons. The number of rotatable bonds is 10.